The maximum atomic E-state index is 13.4. The minimum atomic E-state index is 0.172. The first-order chi connectivity index (χ1) is 16.3. The summed E-state index contributed by atoms with van der Waals surface area (Å²) in [6.07, 6.45) is 20.8. The number of carbonyl (C=O) groups excluding carboxylic acids is 1. The van der Waals surface area contributed by atoms with Gasteiger partial charge >= 0.3 is 215 Å². The van der Waals surface area contributed by atoms with E-state index in [-0.39, 0.29) is 5.31 Å². The molecule has 192 valence electrons. The van der Waals surface area contributed by atoms with Crippen molar-refractivity contribution in [1.82, 2.24) is 0 Å². The van der Waals surface area contributed by atoms with Crippen molar-refractivity contribution < 1.29 is 4.79 Å². The summed E-state index contributed by atoms with van der Waals surface area (Å²) < 4.78 is 0. The van der Waals surface area contributed by atoms with Crippen LogP contribution in [0.2, 0.25) is 5.31 Å². The third kappa shape index (κ3) is 12.7. The summed E-state index contributed by atoms with van der Waals surface area (Å²) in [5.74, 6) is 2.17. The molecule has 0 N–H and O–H groups in total. The third-order valence-corrected chi connectivity index (χ3v) is 8.03. The Morgan fingerprint density at radius 1 is 0.794 bits per heavy atom. The Kier molecular flexibility index (Phi) is 16.1. The molecule has 34 heavy (non-hydrogen) atoms. The molecule has 0 amide bonds. The first-order valence-corrected chi connectivity index (χ1v) is 14.9. The van der Waals surface area contributed by atoms with Crippen LogP contribution in [0.1, 0.15) is 149 Å². The summed E-state index contributed by atoms with van der Waals surface area (Å²) in [7, 11) is 0.750. The first kappa shape index (κ1) is 31.2. The van der Waals surface area contributed by atoms with Crippen molar-refractivity contribution in [2.24, 2.45) is 5.41 Å². The minimum absolute atomic E-state index is 0.172. The van der Waals surface area contributed by atoms with Crippen LogP contribution in [0.15, 0.2) is 18.1 Å². The maximum absolute atomic E-state index is 13.4. The SMILES string of the molecule is CCCCCCC(C)(BC(=O)Cc1cccbc1CC(C)(CCCC)CCCC)CCCCC. The number of hydrogen-bond acceptors (Lipinski definition) is 1. The van der Waals surface area contributed by atoms with Crippen molar-refractivity contribution in [3.8, 4) is 0 Å². The first-order valence-electron chi connectivity index (χ1n) is 14.9. The van der Waals surface area contributed by atoms with Gasteiger partial charge in [-0.25, -0.2) is 0 Å². The average Bonchev–Trinajstić information content (AvgIpc) is 2.81. The second kappa shape index (κ2) is 17.6. The summed E-state index contributed by atoms with van der Waals surface area (Å²) in [4.78, 5) is 13.4. The number of hydrogen-bond donors (Lipinski definition) is 0. The zero-order chi connectivity index (χ0) is 25.3. The zero-order valence-corrected chi connectivity index (χ0v) is 23.9. The normalized spacial score (nSPS) is 13.5. The van der Waals surface area contributed by atoms with Crippen LogP contribution in [0.4, 0.5) is 0 Å². The van der Waals surface area contributed by atoms with Crippen LogP contribution in [0, 0.1) is 5.41 Å². The van der Waals surface area contributed by atoms with E-state index in [2.05, 4.69) is 66.5 Å². The van der Waals surface area contributed by atoms with Crippen LogP contribution in [0.5, 0.6) is 0 Å². The van der Waals surface area contributed by atoms with Crippen LogP contribution in [-0.4, -0.2) is 19.9 Å². The van der Waals surface area contributed by atoms with Gasteiger partial charge in [0.25, 0.3) is 0 Å². The van der Waals surface area contributed by atoms with Crippen LogP contribution in [-0.2, 0) is 17.6 Å². The van der Waals surface area contributed by atoms with Gasteiger partial charge < -0.3 is 0 Å². The van der Waals surface area contributed by atoms with E-state index in [0.29, 0.717) is 17.5 Å². The Bertz CT molecular complexity index is 663. The molecule has 1 rings (SSSR count). The molecule has 1 heterocycles. The fraction of sp³-hybridized carbons (Fsp3) is 0.806. The second-order valence-corrected chi connectivity index (χ2v) is 11.9. The van der Waals surface area contributed by atoms with Gasteiger partial charge in [0.15, 0.2) is 0 Å². The van der Waals surface area contributed by atoms with Gasteiger partial charge in [0.1, 0.15) is 0 Å². The molecule has 1 aromatic heterocycles. The summed E-state index contributed by atoms with van der Waals surface area (Å²) in [6, 6.07) is 4.36. The number of rotatable bonds is 21. The van der Waals surface area contributed by atoms with Gasteiger partial charge in [-0.15, -0.1) is 0 Å². The Morgan fingerprint density at radius 2 is 1.35 bits per heavy atom. The van der Waals surface area contributed by atoms with Crippen molar-refractivity contribution in [3.05, 3.63) is 29.1 Å². The fourth-order valence-electron chi connectivity index (χ4n) is 5.70. The van der Waals surface area contributed by atoms with Crippen LogP contribution in [0.25, 0.3) is 0 Å². The predicted octanol–water partition coefficient (Wildman–Crippen LogP) is 9.19. The summed E-state index contributed by atoms with van der Waals surface area (Å²) in [5, 5.41) is 0.172. The van der Waals surface area contributed by atoms with Crippen LogP contribution < -0.4 is 0 Å². The van der Waals surface area contributed by atoms with E-state index in [4.69, 9.17) is 0 Å². The van der Waals surface area contributed by atoms with Crippen molar-refractivity contribution in [3.63, 3.8) is 0 Å². The quantitative estimate of drug-likeness (QED) is 0.130. The molecule has 1 atom stereocenters. The van der Waals surface area contributed by atoms with E-state index < -0.39 is 0 Å². The van der Waals surface area contributed by atoms with Gasteiger partial charge in [-0.2, -0.15) is 0 Å². The third-order valence-electron chi connectivity index (χ3n) is 8.03. The van der Waals surface area contributed by atoms with E-state index in [1.54, 1.807) is 0 Å². The Balaban J connectivity index is 2.90. The van der Waals surface area contributed by atoms with E-state index in [0.717, 1.165) is 13.7 Å². The van der Waals surface area contributed by atoms with Gasteiger partial charge in [0.2, 0.25) is 0 Å². The molecule has 0 fully saturated rings. The molecule has 0 aliphatic rings. The zero-order valence-electron chi connectivity index (χ0n) is 23.9. The molecular weight excluding hydrogens is 410 g/mol. The van der Waals surface area contributed by atoms with E-state index in [1.807, 2.05) is 0 Å². The molecule has 0 aromatic carbocycles. The number of unbranched alkanes of at least 4 members (excludes halogenated alkanes) is 7. The molecule has 0 saturated heterocycles. The molecule has 0 bridgehead atoms. The second-order valence-electron chi connectivity index (χ2n) is 11.9. The molecule has 1 aromatic rings. The van der Waals surface area contributed by atoms with E-state index >= 15 is 0 Å². The van der Waals surface area contributed by atoms with Crippen molar-refractivity contribution in [1.29, 1.82) is 0 Å². The molecule has 0 aliphatic carbocycles. The van der Waals surface area contributed by atoms with Gasteiger partial charge in [-0.1, -0.05) is 0 Å². The predicted molar refractivity (Wildman–Crippen MR) is 156 cm³/mol. The molecule has 1 nitrogen and oxygen atoms in total. The Labute approximate surface area is 215 Å². The molecule has 0 radical (unpaired) electrons. The van der Waals surface area contributed by atoms with Crippen molar-refractivity contribution in [2.75, 3.05) is 0 Å². The Morgan fingerprint density at radius 3 is 1.94 bits per heavy atom. The van der Waals surface area contributed by atoms with Crippen LogP contribution in [0.3, 0.4) is 0 Å². The fourth-order valence-corrected chi connectivity index (χ4v) is 5.70. The van der Waals surface area contributed by atoms with Gasteiger partial charge in [0.05, 0.1) is 0 Å². The van der Waals surface area contributed by atoms with Crippen LogP contribution >= 0.6 is 0 Å². The molecule has 1 unspecified atom stereocenters. The summed E-state index contributed by atoms with van der Waals surface area (Å²) >= 11 is 0. The van der Waals surface area contributed by atoms with Gasteiger partial charge in [-0.3, -0.25) is 0 Å². The van der Waals surface area contributed by atoms with Crippen molar-refractivity contribution >= 4 is 19.9 Å². The molecule has 0 aliphatic heterocycles. The Hall–Kier alpha value is -0.850. The molecular formula is C31H56B2O. The van der Waals surface area contributed by atoms with E-state index in [1.165, 1.54) is 107 Å². The van der Waals surface area contributed by atoms with Gasteiger partial charge in [-0.05, 0) is 0 Å². The van der Waals surface area contributed by atoms with Gasteiger partial charge in [0, 0.05) is 0 Å². The number of carbonyl (C=O) groups is 1. The molecule has 3 heteroatoms. The molecule has 0 saturated carbocycles. The summed E-state index contributed by atoms with van der Waals surface area (Å²) in [6.45, 7) is 16.3. The van der Waals surface area contributed by atoms with E-state index in [9.17, 15) is 4.79 Å². The topological polar surface area (TPSA) is 17.1 Å². The molecule has 0 spiro atoms. The average molecular weight is 466 g/mol. The standard InChI is InChI=1S/C31H56B2O/c1-7-11-15-17-23-31(6,22-16-12-8-2)33-29(34)25-27-19-18-24-32-28(27)26-30(5,20-13-9-3)21-14-10-4/h18-19,24,33H,7-17,20-23,25-26H2,1-6H3. The van der Waals surface area contributed by atoms with Crippen molar-refractivity contribution in [2.45, 2.75) is 156 Å². The summed E-state index contributed by atoms with van der Waals surface area (Å²) in [5.41, 5.74) is 3.50. The monoisotopic (exact) mass is 466 g/mol.